The van der Waals surface area contributed by atoms with Gasteiger partial charge in [0, 0.05) is 32.3 Å². The summed E-state index contributed by atoms with van der Waals surface area (Å²) < 4.78 is 27.4. The number of amides is 1. The first-order chi connectivity index (χ1) is 14.1. The number of nitrogens with zero attached hydrogens (tertiary/aromatic N) is 2. The van der Waals surface area contributed by atoms with Crippen LogP contribution in [0, 0.1) is 6.92 Å². The van der Waals surface area contributed by atoms with E-state index in [1.54, 1.807) is 23.1 Å². The van der Waals surface area contributed by atoms with Crippen LogP contribution < -0.4 is 0 Å². The van der Waals surface area contributed by atoms with Crippen molar-refractivity contribution in [2.24, 2.45) is 0 Å². The fourth-order valence-electron chi connectivity index (χ4n) is 3.47. The Hall–Kier alpha value is -2.44. The van der Waals surface area contributed by atoms with E-state index in [0.717, 1.165) is 16.7 Å². The molecule has 0 radical (unpaired) electrons. The van der Waals surface area contributed by atoms with Crippen LogP contribution in [0.25, 0.3) is 6.08 Å². The van der Waals surface area contributed by atoms with Crippen LogP contribution in [0.2, 0.25) is 0 Å². The fraction of sp³-hybridized carbons (Fsp3) is 0.375. The topological polar surface area (TPSA) is 57.7 Å². The monoisotopic (exact) mass is 426 g/mol. The van der Waals surface area contributed by atoms with Crippen LogP contribution in [0.3, 0.4) is 0 Å². The zero-order valence-corrected chi connectivity index (χ0v) is 18.9. The molecule has 1 heterocycles. The summed E-state index contributed by atoms with van der Waals surface area (Å²) >= 11 is 0. The molecule has 0 spiro atoms. The average molecular weight is 427 g/mol. The first-order valence-electron chi connectivity index (χ1n) is 10.2. The van der Waals surface area contributed by atoms with Gasteiger partial charge in [0.15, 0.2) is 0 Å². The summed E-state index contributed by atoms with van der Waals surface area (Å²) in [4.78, 5) is 14.5. The van der Waals surface area contributed by atoms with Crippen molar-refractivity contribution >= 4 is 22.0 Å². The van der Waals surface area contributed by atoms with Crippen molar-refractivity contribution in [1.29, 1.82) is 0 Å². The highest BCUT2D eigenvalue weighted by Gasteiger charge is 2.29. The number of rotatable bonds is 4. The van der Waals surface area contributed by atoms with Gasteiger partial charge in [0.2, 0.25) is 15.9 Å². The lowest BCUT2D eigenvalue weighted by Crippen LogP contribution is -2.50. The molecule has 30 heavy (non-hydrogen) atoms. The predicted molar refractivity (Wildman–Crippen MR) is 121 cm³/mol. The van der Waals surface area contributed by atoms with E-state index in [9.17, 15) is 13.2 Å². The third-order valence-electron chi connectivity index (χ3n) is 5.50. The Morgan fingerprint density at radius 1 is 0.933 bits per heavy atom. The minimum atomic E-state index is -3.56. The second-order valence-electron chi connectivity index (χ2n) is 8.69. The van der Waals surface area contributed by atoms with E-state index in [1.165, 1.54) is 4.31 Å². The Balaban J connectivity index is 1.63. The molecule has 0 saturated carbocycles. The van der Waals surface area contributed by atoms with E-state index in [4.69, 9.17) is 0 Å². The molecule has 5 nitrogen and oxygen atoms in total. The SMILES string of the molecule is Cc1ccccc1/C=C/C(=O)N1CCN(S(=O)(=O)c2ccc(C(C)(C)C)cc2)CC1. The Morgan fingerprint density at radius 2 is 1.53 bits per heavy atom. The molecule has 2 aromatic carbocycles. The minimum absolute atomic E-state index is 0.0277. The first kappa shape index (κ1) is 22.2. The van der Waals surface area contributed by atoms with Crippen LogP contribution in [0.1, 0.15) is 37.5 Å². The number of hydrogen-bond acceptors (Lipinski definition) is 3. The third-order valence-corrected chi connectivity index (χ3v) is 7.42. The van der Waals surface area contributed by atoms with Gasteiger partial charge in [-0.15, -0.1) is 0 Å². The zero-order valence-electron chi connectivity index (χ0n) is 18.1. The summed E-state index contributed by atoms with van der Waals surface area (Å²) in [5.41, 5.74) is 3.18. The number of benzene rings is 2. The van der Waals surface area contributed by atoms with Gasteiger partial charge in [-0.1, -0.05) is 57.2 Å². The second-order valence-corrected chi connectivity index (χ2v) is 10.6. The molecular weight excluding hydrogens is 396 g/mol. The predicted octanol–water partition coefficient (Wildman–Crippen LogP) is 3.84. The molecular formula is C24H30N2O3S. The number of aryl methyl sites for hydroxylation is 1. The molecule has 1 aliphatic rings. The molecule has 6 heteroatoms. The molecule has 0 bridgehead atoms. The maximum absolute atomic E-state index is 13.0. The lowest BCUT2D eigenvalue weighted by atomic mass is 9.87. The van der Waals surface area contributed by atoms with Gasteiger partial charge in [-0.25, -0.2) is 8.42 Å². The molecule has 1 aliphatic heterocycles. The average Bonchev–Trinajstić information content (AvgIpc) is 2.72. The first-order valence-corrected chi connectivity index (χ1v) is 11.7. The highest BCUT2D eigenvalue weighted by atomic mass is 32.2. The number of carbonyl (C=O) groups excluding carboxylic acids is 1. The van der Waals surface area contributed by atoms with Crippen molar-refractivity contribution in [2.75, 3.05) is 26.2 Å². The van der Waals surface area contributed by atoms with Crippen molar-refractivity contribution < 1.29 is 13.2 Å². The van der Waals surface area contributed by atoms with E-state index >= 15 is 0 Å². The lowest BCUT2D eigenvalue weighted by Gasteiger charge is -2.33. The second kappa shape index (κ2) is 8.74. The molecule has 0 atom stereocenters. The highest BCUT2D eigenvalue weighted by Crippen LogP contribution is 2.25. The van der Waals surface area contributed by atoms with E-state index in [1.807, 2.05) is 49.4 Å². The maximum atomic E-state index is 13.0. The van der Waals surface area contributed by atoms with E-state index < -0.39 is 10.0 Å². The quantitative estimate of drug-likeness (QED) is 0.698. The van der Waals surface area contributed by atoms with Gasteiger partial charge in [-0.2, -0.15) is 4.31 Å². The van der Waals surface area contributed by atoms with Crippen molar-refractivity contribution in [3.8, 4) is 0 Å². The maximum Gasteiger partial charge on any atom is 0.246 e. The molecule has 0 unspecified atom stereocenters. The normalized spacial score (nSPS) is 16.2. The van der Waals surface area contributed by atoms with Crippen LogP contribution >= 0.6 is 0 Å². The van der Waals surface area contributed by atoms with Crippen LogP contribution in [-0.2, 0) is 20.2 Å². The standard InChI is InChI=1S/C24H30N2O3S/c1-19-7-5-6-8-20(19)9-14-23(27)25-15-17-26(18-16-25)30(28,29)22-12-10-21(11-13-22)24(2,3)4/h5-14H,15-18H2,1-4H3/b14-9+. The molecule has 0 aliphatic carbocycles. The van der Waals surface area contributed by atoms with Gasteiger partial charge in [-0.3, -0.25) is 4.79 Å². The summed E-state index contributed by atoms with van der Waals surface area (Å²) in [5.74, 6) is -0.0927. The number of carbonyl (C=O) groups is 1. The summed E-state index contributed by atoms with van der Waals surface area (Å²) in [6, 6.07) is 15.0. The van der Waals surface area contributed by atoms with Crippen molar-refractivity contribution in [3.05, 3.63) is 71.3 Å². The largest absolute Gasteiger partial charge is 0.337 e. The molecule has 1 fully saturated rings. The van der Waals surface area contributed by atoms with E-state index in [-0.39, 0.29) is 11.3 Å². The third kappa shape index (κ3) is 4.99. The fourth-order valence-corrected chi connectivity index (χ4v) is 4.89. The van der Waals surface area contributed by atoms with Crippen molar-refractivity contribution in [3.63, 3.8) is 0 Å². The molecule has 160 valence electrons. The van der Waals surface area contributed by atoms with Gasteiger partial charge < -0.3 is 4.90 Å². The molecule has 1 amide bonds. The minimum Gasteiger partial charge on any atom is -0.337 e. The van der Waals surface area contributed by atoms with Gasteiger partial charge in [-0.05, 0) is 47.2 Å². The van der Waals surface area contributed by atoms with E-state index in [2.05, 4.69) is 20.8 Å². The van der Waals surface area contributed by atoms with Gasteiger partial charge >= 0.3 is 0 Å². The molecule has 1 saturated heterocycles. The van der Waals surface area contributed by atoms with E-state index in [0.29, 0.717) is 31.1 Å². The Kier molecular flexibility index (Phi) is 6.48. The Labute approximate surface area is 180 Å². The lowest BCUT2D eigenvalue weighted by molar-refractivity contribution is -0.127. The number of sulfonamides is 1. The van der Waals surface area contributed by atoms with Gasteiger partial charge in [0.1, 0.15) is 0 Å². The van der Waals surface area contributed by atoms with Crippen molar-refractivity contribution in [2.45, 2.75) is 38.0 Å². The van der Waals surface area contributed by atoms with Gasteiger partial charge in [0.25, 0.3) is 0 Å². The van der Waals surface area contributed by atoms with Crippen LogP contribution in [-0.4, -0.2) is 49.7 Å². The smallest absolute Gasteiger partial charge is 0.246 e. The Morgan fingerprint density at radius 3 is 2.10 bits per heavy atom. The van der Waals surface area contributed by atoms with Gasteiger partial charge in [0.05, 0.1) is 4.90 Å². The highest BCUT2D eigenvalue weighted by molar-refractivity contribution is 7.89. The molecule has 3 rings (SSSR count). The Bertz CT molecular complexity index is 1030. The van der Waals surface area contributed by atoms with Crippen LogP contribution in [0.5, 0.6) is 0 Å². The summed E-state index contributed by atoms with van der Waals surface area (Å²) in [7, 11) is -3.56. The van der Waals surface area contributed by atoms with Crippen LogP contribution in [0.4, 0.5) is 0 Å². The summed E-state index contributed by atoms with van der Waals surface area (Å²) in [5, 5.41) is 0. The summed E-state index contributed by atoms with van der Waals surface area (Å²) in [6.45, 7) is 9.66. The molecule has 0 aromatic heterocycles. The van der Waals surface area contributed by atoms with Crippen LogP contribution in [0.15, 0.2) is 59.5 Å². The number of hydrogen-bond donors (Lipinski definition) is 0. The van der Waals surface area contributed by atoms with Crippen molar-refractivity contribution in [1.82, 2.24) is 9.21 Å². The zero-order chi connectivity index (χ0) is 21.9. The summed E-state index contributed by atoms with van der Waals surface area (Å²) in [6.07, 6.45) is 3.38. The number of piperazine rings is 1. The molecule has 2 aromatic rings. The molecule has 0 N–H and O–H groups in total.